The molecule has 1 atom stereocenters. The number of hydrogen-bond donors (Lipinski definition) is 1. The molecule has 0 spiro atoms. The Bertz CT molecular complexity index is 1310. The predicted octanol–water partition coefficient (Wildman–Crippen LogP) is 8.94. The highest BCUT2D eigenvalue weighted by Gasteiger charge is 2.42. The van der Waals surface area contributed by atoms with Crippen LogP contribution in [-0.2, 0) is 15.6 Å². The lowest BCUT2D eigenvalue weighted by atomic mass is 9.89. The average Bonchev–Trinajstić information content (AvgIpc) is 3.16. The number of amides is 1. The third-order valence-electron chi connectivity index (χ3n) is 7.43. The molecule has 3 aromatic carbocycles. The Hall–Kier alpha value is -3.15. The van der Waals surface area contributed by atoms with Crippen LogP contribution >= 0.6 is 0 Å². The highest BCUT2D eigenvalue weighted by atomic mass is 28.4. The third kappa shape index (κ3) is 6.28. The van der Waals surface area contributed by atoms with Gasteiger partial charge < -0.3 is 9.16 Å². The van der Waals surface area contributed by atoms with Crippen molar-refractivity contribution in [3.05, 3.63) is 101 Å². The van der Waals surface area contributed by atoms with E-state index in [2.05, 4.69) is 99.8 Å². The molecule has 0 saturated heterocycles. The van der Waals surface area contributed by atoms with Crippen LogP contribution < -0.4 is 5.32 Å². The summed E-state index contributed by atoms with van der Waals surface area (Å²) in [5.74, 6) is 0. The molecule has 0 bridgehead atoms. The number of rotatable bonds is 5. The van der Waals surface area contributed by atoms with E-state index < -0.39 is 20.0 Å². The molecule has 0 radical (unpaired) electrons. The van der Waals surface area contributed by atoms with Gasteiger partial charge in [0.05, 0.1) is 6.10 Å². The first kappa shape index (κ1) is 27.9. The summed E-state index contributed by atoms with van der Waals surface area (Å²) in [7, 11) is -2.04. The van der Waals surface area contributed by atoms with Gasteiger partial charge in [-0.2, -0.15) is 0 Å². The fraction of sp³-hybridized carbons (Fsp3) is 0.364. The monoisotopic (exact) mass is 527 g/mol. The van der Waals surface area contributed by atoms with E-state index in [0.717, 1.165) is 17.5 Å². The number of fused-ring (bicyclic) bond motifs is 1. The molecule has 1 N–H and O–H groups in total. The number of hydrogen-bond acceptors (Lipinski definition) is 3. The Balaban J connectivity index is 1.82. The average molecular weight is 528 g/mol. The quantitative estimate of drug-likeness (QED) is 0.337. The first-order valence-corrected chi connectivity index (χ1v) is 16.3. The summed E-state index contributed by atoms with van der Waals surface area (Å²) in [6, 6.07) is 27.2. The topological polar surface area (TPSA) is 47.6 Å². The van der Waals surface area contributed by atoms with Gasteiger partial charge in [0, 0.05) is 12.1 Å². The Morgan fingerprint density at radius 1 is 0.816 bits per heavy atom. The van der Waals surface area contributed by atoms with Crippen molar-refractivity contribution in [2.45, 2.75) is 77.8 Å². The first-order chi connectivity index (χ1) is 17.7. The van der Waals surface area contributed by atoms with Gasteiger partial charge in [-0.1, -0.05) is 87.5 Å². The lowest BCUT2D eigenvalue weighted by molar-refractivity contribution is 0.0636. The molecule has 5 heteroatoms. The number of anilines is 1. The lowest BCUT2D eigenvalue weighted by Gasteiger charge is -2.39. The Kier molecular flexibility index (Phi) is 7.73. The summed E-state index contributed by atoms with van der Waals surface area (Å²) in [6.45, 7) is 17.1. The molecule has 4 nitrogen and oxygen atoms in total. The highest BCUT2D eigenvalue weighted by molar-refractivity contribution is 6.74. The van der Waals surface area contributed by atoms with Gasteiger partial charge in [-0.05, 0) is 84.4 Å². The first-order valence-electron chi connectivity index (χ1n) is 13.4. The Morgan fingerprint density at radius 2 is 1.39 bits per heavy atom. The SMILES string of the molecule is CC(C)(C)OC(=O)Nc1ccc(/C(=C2/c3ccccc3CC2O[Si](C)(C)C(C)(C)C)c2ccccc2)cc1. The van der Waals surface area contributed by atoms with E-state index in [0.29, 0.717) is 5.69 Å². The molecule has 1 aliphatic carbocycles. The van der Waals surface area contributed by atoms with Gasteiger partial charge in [0.25, 0.3) is 0 Å². The van der Waals surface area contributed by atoms with Gasteiger partial charge in [-0.15, -0.1) is 0 Å². The van der Waals surface area contributed by atoms with Crippen molar-refractivity contribution in [1.82, 2.24) is 0 Å². The summed E-state index contributed by atoms with van der Waals surface area (Å²) in [4.78, 5) is 12.3. The van der Waals surface area contributed by atoms with E-state index in [1.165, 1.54) is 22.3 Å². The maximum atomic E-state index is 12.3. The van der Waals surface area contributed by atoms with Crippen molar-refractivity contribution in [1.29, 1.82) is 0 Å². The van der Waals surface area contributed by atoms with Crippen molar-refractivity contribution in [3.8, 4) is 0 Å². The normalized spacial score (nSPS) is 17.1. The maximum Gasteiger partial charge on any atom is 0.412 e. The summed E-state index contributed by atoms with van der Waals surface area (Å²) >= 11 is 0. The molecule has 0 aromatic heterocycles. The number of ether oxygens (including phenoxy) is 1. The van der Waals surface area contributed by atoms with Crippen LogP contribution in [-0.4, -0.2) is 26.1 Å². The molecule has 4 rings (SSSR count). The summed E-state index contributed by atoms with van der Waals surface area (Å²) in [6.07, 6.45) is 0.384. The van der Waals surface area contributed by atoms with Crippen molar-refractivity contribution >= 4 is 31.2 Å². The maximum absolute atomic E-state index is 12.3. The Morgan fingerprint density at radius 3 is 2.00 bits per heavy atom. The standard InChI is InChI=1S/C33H41NO3Si/c1-32(2,3)36-31(35)34-26-20-18-24(19-21-26)29(23-14-10-9-11-15-23)30-27-17-13-12-16-25(27)22-28(30)37-38(7,8)33(4,5)6/h9-21,28H,22H2,1-8H3,(H,34,35)/b30-29-. The summed E-state index contributed by atoms with van der Waals surface area (Å²) < 4.78 is 12.5. The molecule has 200 valence electrons. The molecule has 1 amide bonds. The summed E-state index contributed by atoms with van der Waals surface area (Å²) in [5, 5.41) is 2.96. The minimum absolute atomic E-state index is 0.0249. The van der Waals surface area contributed by atoms with Crippen LogP contribution in [0.1, 0.15) is 63.8 Å². The van der Waals surface area contributed by atoms with Crippen molar-refractivity contribution in [2.75, 3.05) is 5.32 Å². The minimum atomic E-state index is -2.04. The van der Waals surface area contributed by atoms with Crippen LogP contribution in [0.25, 0.3) is 11.1 Å². The van der Waals surface area contributed by atoms with Crippen LogP contribution in [0.5, 0.6) is 0 Å². The molecule has 1 unspecified atom stereocenters. The number of benzene rings is 3. The van der Waals surface area contributed by atoms with Gasteiger partial charge in [0.1, 0.15) is 5.60 Å². The molecule has 0 fully saturated rings. The lowest BCUT2D eigenvalue weighted by Crippen LogP contribution is -2.44. The molecule has 38 heavy (non-hydrogen) atoms. The molecule has 0 aliphatic heterocycles. The zero-order valence-corrected chi connectivity index (χ0v) is 25.0. The van der Waals surface area contributed by atoms with E-state index in [9.17, 15) is 4.79 Å². The zero-order chi connectivity index (χ0) is 27.7. The molecule has 0 saturated carbocycles. The second-order valence-electron chi connectivity index (χ2n) is 12.6. The van der Waals surface area contributed by atoms with Gasteiger partial charge in [0.2, 0.25) is 0 Å². The molecule has 0 heterocycles. The fourth-order valence-corrected chi connectivity index (χ4v) is 5.86. The second kappa shape index (κ2) is 10.5. The number of nitrogens with one attached hydrogen (secondary N) is 1. The van der Waals surface area contributed by atoms with Crippen LogP contribution in [0, 0.1) is 0 Å². The van der Waals surface area contributed by atoms with E-state index in [1.807, 2.05) is 39.0 Å². The van der Waals surface area contributed by atoms with Crippen LogP contribution in [0.4, 0.5) is 10.5 Å². The van der Waals surface area contributed by atoms with E-state index in [-0.39, 0.29) is 11.1 Å². The van der Waals surface area contributed by atoms with E-state index in [4.69, 9.17) is 9.16 Å². The molecule has 3 aromatic rings. The zero-order valence-electron chi connectivity index (χ0n) is 24.0. The van der Waals surface area contributed by atoms with Crippen molar-refractivity contribution in [2.24, 2.45) is 0 Å². The molecular weight excluding hydrogens is 486 g/mol. The van der Waals surface area contributed by atoms with Gasteiger partial charge in [-0.3, -0.25) is 5.32 Å². The molecule has 1 aliphatic rings. The minimum Gasteiger partial charge on any atom is -0.444 e. The van der Waals surface area contributed by atoms with Gasteiger partial charge in [0.15, 0.2) is 8.32 Å². The van der Waals surface area contributed by atoms with E-state index in [1.54, 1.807) is 0 Å². The summed E-state index contributed by atoms with van der Waals surface area (Å²) in [5.41, 5.74) is 7.37. The Labute approximate surface area is 229 Å². The van der Waals surface area contributed by atoms with E-state index >= 15 is 0 Å². The number of carbonyl (C=O) groups is 1. The van der Waals surface area contributed by atoms with Gasteiger partial charge >= 0.3 is 6.09 Å². The van der Waals surface area contributed by atoms with Crippen molar-refractivity contribution in [3.63, 3.8) is 0 Å². The van der Waals surface area contributed by atoms with Crippen molar-refractivity contribution < 1.29 is 14.0 Å². The number of carbonyl (C=O) groups excluding carboxylic acids is 1. The largest absolute Gasteiger partial charge is 0.444 e. The third-order valence-corrected chi connectivity index (χ3v) is 11.9. The molecular formula is C33H41NO3Si. The highest BCUT2D eigenvalue weighted by Crippen LogP contribution is 2.46. The fourth-order valence-electron chi connectivity index (χ4n) is 4.59. The van der Waals surface area contributed by atoms with Gasteiger partial charge in [-0.25, -0.2) is 4.79 Å². The smallest absolute Gasteiger partial charge is 0.412 e. The predicted molar refractivity (Wildman–Crippen MR) is 161 cm³/mol. The van der Waals surface area contributed by atoms with Crippen LogP contribution in [0.2, 0.25) is 18.1 Å². The van der Waals surface area contributed by atoms with Crippen LogP contribution in [0.3, 0.4) is 0 Å². The van der Waals surface area contributed by atoms with Crippen LogP contribution in [0.15, 0.2) is 78.9 Å². The second-order valence-corrected chi connectivity index (χ2v) is 17.3.